The molecule has 11 heteroatoms. The van der Waals surface area contributed by atoms with Crippen molar-refractivity contribution in [3.05, 3.63) is 42.5 Å². The monoisotopic (exact) mass is 270 g/mol. The van der Waals surface area contributed by atoms with E-state index in [9.17, 15) is 35.1 Å². The Morgan fingerprint density at radius 3 is 1.68 bits per heavy atom. The summed E-state index contributed by atoms with van der Waals surface area (Å²) >= 11 is 0. The summed E-state index contributed by atoms with van der Waals surface area (Å²) in [6, 6.07) is 1.08. The summed E-state index contributed by atoms with van der Waals surface area (Å²) in [5.41, 5.74) is -3.34. The maximum absolute atomic E-state index is 10.9. The van der Waals surface area contributed by atoms with Crippen molar-refractivity contribution in [3.8, 4) is 0 Å². The van der Waals surface area contributed by atoms with Crippen LogP contribution in [0.25, 0.3) is 0 Å². The van der Waals surface area contributed by atoms with Gasteiger partial charge >= 0.3 is 11.4 Å². The number of carbonyl (C=O) groups is 1. The molecule has 0 fully saturated rings. The first-order valence-corrected chi connectivity index (χ1v) is 4.63. The predicted octanol–water partition coefficient (Wildman–Crippen LogP) is 1.37. The second kappa shape index (κ2) is 5.03. The van der Waals surface area contributed by atoms with Crippen molar-refractivity contribution in [3.63, 3.8) is 0 Å². The summed E-state index contributed by atoms with van der Waals surface area (Å²) in [6.07, 6.45) is 0. The highest BCUT2D eigenvalue weighted by Crippen LogP contribution is 2.38. The summed E-state index contributed by atoms with van der Waals surface area (Å²) < 4.78 is 0. The number of non-ortho nitro benzene ring substituents is 1. The van der Waals surface area contributed by atoms with Gasteiger partial charge in [-0.05, 0) is 0 Å². The fourth-order valence-corrected chi connectivity index (χ4v) is 1.29. The number of nitro benzene ring substituents is 3. The predicted molar refractivity (Wildman–Crippen MR) is 60.7 cm³/mol. The fourth-order valence-electron chi connectivity index (χ4n) is 1.29. The number of hydrogen-bond donors (Lipinski definition) is 1. The standard InChI is InChI=1S/C8H6N4O7/c1-4(13)9-8-6(11(16)17)2-5(10(14)15)3-7(8)12(18)19/h2-3H,1H3,(H,9,13). The van der Waals surface area contributed by atoms with Crippen molar-refractivity contribution < 1.29 is 19.6 Å². The molecule has 0 radical (unpaired) electrons. The van der Waals surface area contributed by atoms with E-state index in [1.54, 1.807) is 0 Å². The molecule has 1 aromatic carbocycles. The first-order valence-electron chi connectivity index (χ1n) is 4.63. The maximum Gasteiger partial charge on any atom is 0.306 e. The molecule has 1 aromatic rings. The van der Waals surface area contributed by atoms with Gasteiger partial charge in [0.05, 0.1) is 26.9 Å². The van der Waals surface area contributed by atoms with Crippen molar-refractivity contribution in [1.29, 1.82) is 0 Å². The number of nitrogens with one attached hydrogen (secondary N) is 1. The number of rotatable bonds is 4. The molecular weight excluding hydrogens is 264 g/mol. The van der Waals surface area contributed by atoms with Gasteiger partial charge < -0.3 is 5.32 Å². The second-order valence-corrected chi connectivity index (χ2v) is 3.31. The summed E-state index contributed by atoms with van der Waals surface area (Å²) in [6.45, 7) is 0.995. The smallest absolute Gasteiger partial charge is 0.306 e. The number of benzene rings is 1. The molecule has 0 aliphatic rings. The van der Waals surface area contributed by atoms with Gasteiger partial charge in [0, 0.05) is 6.92 Å². The van der Waals surface area contributed by atoms with Crippen LogP contribution in [0.15, 0.2) is 12.1 Å². The van der Waals surface area contributed by atoms with Gasteiger partial charge in [0.15, 0.2) is 5.69 Å². The first kappa shape index (κ1) is 14.0. The van der Waals surface area contributed by atoms with Gasteiger partial charge in [0.1, 0.15) is 0 Å². The Balaban J connectivity index is 3.64. The Bertz CT molecular complexity index is 562. The first-order chi connectivity index (χ1) is 8.73. The van der Waals surface area contributed by atoms with E-state index in [-0.39, 0.29) is 0 Å². The number of nitrogens with zero attached hydrogens (tertiary/aromatic N) is 3. The molecule has 0 bridgehead atoms. The minimum atomic E-state index is -1.05. The molecule has 0 unspecified atom stereocenters. The quantitative estimate of drug-likeness (QED) is 0.638. The van der Waals surface area contributed by atoms with E-state index < -0.39 is 43.4 Å². The highest BCUT2D eigenvalue weighted by atomic mass is 16.6. The van der Waals surface area contributed by atoms with Crippen LogP contribution in [0, 0.1) is 30.3 Å². The lowest BCUT2D eigenvalue weighted by atomic mass is 10.2. The van der Waals surface area contributed by atoms with Crippen LogP contribution in [0.1, 0.15) is 6.92 Å². The van der Waals surface area contributed by atoms with Crippen LogP contribution in [0.3, 0.4) is 0 Å². The maximum atomic E-state index is 10.9. The summed E-state index contributed by atoms with van der Waals surface area (Å²) in [4.78, 5) is 39.9. The zero-order chi connectivity index (χ0) is 14.7. The average molecular weight is 270 g/mol. The normalized spacial score (nSPS) is 9.74. The van der Waals surface area contributed by atoms with Crippen LogP contribution in [0.4, 0.5) is 22.7 Å². The highest BCUT2D eigenvalue weighted by molar-refractivity contribution is 5.95. The molecule has 0 saturated heterocycles. The largest absolute Gasteiger partial charge is 0.315 e. The van der Waals surface area contributed by atoms with Gasteiger partial charge in [0.2, 0.25) is 5.91 Å². The van der Waals surface area contributed by atoms with Gasteiger partial charge in [0.25, 0.3) is 5.69 Å². The Labute approximate surface area is 104 Å². The average Bonchev–Trinajstić information content (AvgIpc) is 2.27. The lowest BCUT2D eigenvalue weighted by Gasteiger charge is -2.04. The third kappa shape index (κ3) is 2.96. The van der Waals surface area contributed by atoms with E-state index in [2.05, 4.69) is 0 Å². The Hall–Kier alpha value is -3.11. The number of carbonyl (C=O) groups excluding carboxylic acids is 1. The summed E-state index contributed by atoms with van der Waals surface area (Å²) in [5, 5.41) is 34.0. The van der Waals surface area contributed by atoms with E-state index in [1.807, 2.05) is 5.32 Å². The molecule has 0 saturated carbocycles. The minimum absolute atomic E-state index is 0.540. The van der Waals surface area contributed by atoms with Crippen LogP contribution >= 0.6 is 0 Å². The van der Waals surface area contributed by atoms with Crippen LogP contribution in [-0.2, 0) is 4.79 Å². The summed E-state index contributed by atoms with van der Waals surface area (Å²) in [7, 11) is 0. The number of anilines is 1. The highest BCUT2D eigenvalue weighted by Gasteiger charge is 2.31. The molecule has 0 aliphatic carbocycles. The van der Waals surface area contributed by atoms with Crippen LogP contribution in [0.5, 0.6) is 0 Å². The lowest BCUT2D eigenvalue weighted by Crippen LogP contribution is -2.10. The molecule has 100 valence electrons. The molecule has 11 nitrogen and oxygen atoms in total. The number of nitro groups is 3. The molecule has 0 heterocycles. The fraction of sp³-hybridized carbons (Fsp3) is 0.125. The molecule has 1 amide bonds. The van der Waals surface area contributed by atoms with E-state index in [0.717, 1.165) is 6.92 Å². The molecule has 0 aliphatic heterocycles. The zero-order valence-electron chi connectivity index (χ0n) is 9.35. The molecule has 0 spiro atoms. The second-order valence-electron chi connectivity index (χ2n) is 3.31. The van der Waals surface area contributed by atoms with Crippen molar-refractivity contribution in [2.24, 2.45) is 0 Å². The molecule has 19 heavy (non-hydrogen) atoms. The molecule has 0 atom stereocenters. The minimum Gasteiger partial charge on any atom is -0.315 e. The van der Waals surface area contributed by atoms with Crippen LogP contribution in [0.2, 0.25) is 0 Å². The third-order valence-corrected chi connectivity index (χ3v) is 1.99. The number of hydrogen-bond acceptors (Lipinski definition) is 7. The van der Waals surface area contributed by atoms with Crippen molar-refractivity contribution >= 4 is 28.7 Å². The van der Waals surface area contributed by atoms with Gasteiger partial charge in [-0.3, -0.25) is 35.1 Å². The third-order valence-electron chi connectivity index (χ3n) is 1.99. The summed E-state index contributed by atoms with van der Waals surface area (Å²) in [5.74, 6) is -0.778. The van der Waals surface area contributed by atoms with Crippen LogP contribution in [-0.4, -0.2) is 20.7 Å². The SMILES string of the molecule is CC(=O)Nc1c([N+](=O)[O-])cc([N+](=O)[O-])cc1[N+](=O)[O-]. The topological polar surface area (TPSA) is 159 Å². The molecule has 1 N–H and O–H groups in total. The Kier molecular flexibility index (Phi) is 3.70. The van der Waals surface area contributed by atoms with E-state index >= 15 is 0 Å². The molecule has 1 rings (SSSR count). The zero-order valence-corrected chi connectivity index (χ0v) is 9.35. The van der Waals surface area contributed by atoms with E-state index in [0.29, 0.717) is 12.1 Å². The van der Waals surface area contributed by atoms with Gasteiger partial charge in [-0.25, -0.2) is 0 Å². The van der Waals surface area contributed by atoms with E-state index in [1.165, 1.54) is 0 Å². The Morgan fingerprint density at radius 1 is 1.00 bits per heavy atom. The van der Waals surface area contributed by atoms with E-state index in [4.69, 9.17) is 0 Å². The molecular formula is C8H6N4O7. The van der Waals surface area contributed by atoms with Crippen molar-refractivity contribution in [2.45, 2.75) is 6.92 Å². The number of amides is 1. The molecule has 0 aromatic heterocycles. The van der Waals surface area contributed by atoms with Gasteiger partial charge in [-0.15, -0.1) is 0 Å². The van der Waals surface area contributed by atoms with Gasteiger partial charge in [-0.1, -0.05) is 0 Å². The Morgan fingerprint density at radius 2 is 1.42 bits per heavy atom. The lowest BCUT2D eigenvalue weighted by molar-refractivity contribution is -0.401. The van der Waals surface area contributed by atoms with Crippen molar-refractivity contribution in [2.75, 3.05) is 5.32 Å². The van der Waals surface area contributed by atoms with Crippen LogP contribution < -0.4 is 5.32 Å². The van der Waals surface area contributed by atoms with Crippen molar-refractivity contribution in [1.82, 2.24) is 0 Å². The van der Waals surface area contributed by atoms with Gasteiger partial charge in [-0.2, -0.15) is 0 Å².